The quantitative estimate of drug-likeness (QED) is 0.0346. The van der Waals surface area contributed by atoms with Crippen molar-refractivity contribution in [2.45, 2.75) is 74.6 Å². The van der Waals surface area contributed by atoms with E-state index in [1.54, 1.807) is 0 Å². The van der Waals surface area contributed by atoms with Gasteiger partial charge in [-0.05, 0) is 13.0 Å². The van der Waals surface area contributed by atoms with E-state index in [0.717, 1.165) is 6.08 Å². The third kappa shape index (κ3) is 9.50. The van der Waals surface area contributed by atoms with Gasteiger partial charge in [0, 0.05) is 11.8 Å². The van der Waals surface area contributed by atoms with Crippen LogP contribution in [-0.2, 0) is 55.6 Å². The monoisotopic (exact) mass is 672 g/mol. The zero-order valence-corrected chi connectivity index (χ0v) is 23.6. The zero-order chi connectivity index (χ0) is 31.7. The van der Waals surface area contributed by atoms with Crippen LogP contribution >= 0.6 is 24.6 Å². The number of hydrogen-bond acceptors (Lipinski definition) is 22. The van der Waals surface area contributed by atoms with Crippen LogP contribution in [0.2, 0.25) is 0 Å². The van der Waals surface area contributed by atoms with Crippen LogP contribution in [0.25, 0.3) is 0 Å². The van der Waals surface area contributed by atoms with Crippen molar-refractivity contribution in [1.82, 2.24) is 0 Å². The number of hydrogen-bond donors (Lipinski definition) is 9. The molecule has 2 fully saturated rings. The molecule has 0 aromatic rings. The van der Waals surface area contributed by atoms with Crippen molar-refractivity contribution in [3.8, 4) is 0 Å². The summed E-state index contributed by atoms with van der Waals surface area (Å²) < 4.78 is 46.0. The molecule has 0 aromatic heterocycles. The van der Waals surface area contributed by atoms with Crippen molar-refractivity contribution in [2.24, 2.45) is 11.8 Å². The van der Waals surface area contributed by atoms with Crippen molar-refractivity contribution in [2.75, 3.05) is 19.8 Å². The van der Waals surface area contributed by atoms with Gasteiger partial charge in [0.25, 0.3) is 0 Å². The van der Waals surface area contributed by atoms with Crippen LogP contribution in [0.5, 0.6) is 0 Å². The average Bonchev–Trinajstić information content (AvgIpc) is 2.97. The Kier molecular flexibility index (Phi) is 14.9. The number of carboxylic acid groups (broad SMARTS) is 1. The van der Waals surface area contributed by atoms with Gasteiger partial charge in [0.05, 0.1) is 32.0 Å². The molecular formula is C20H32O21S2. The molecule has 0 spiro atoms. The summed E-state index contributed by atoms with van der Waals surface area (Å²) in [6, 6.07) is 0. The first-order chi connectivity index (χ1) is 20.5. The summed E-state index contributed by atoms with van der Waals surface area (Å²) in [4.78, 5) is 11.3. The van der Waals surface area contributed by atoms with Crippen molar-refractivity contribution in [3.63, 3.8) is 0 Å². The van der Waals surface area contributed by atoms with Gasteiger partial charge in [-0.25, -0.2) is 15.3 Å². The number of aliphatic hydroxyl groups is 6. The summed E-state index contributed by atoms with van der Waals surface area (Å²) >= 11 is 0.229. The zero-order valence-electron chi connectivity index (χ0n) is 21.9. The summed E-state index contributed by atoms with van der Waals surface area (Å²) in [6.45, 7) is -0.264. The molecule has 3 aliphatic rings. The lowest BCUT2D eigenvalue weighted by Crippen LogP contribution is -2.60. The van der Waals surface area contributed by atoms with Crippen molar-refractivity contribution < 1.29 is 102 Å². The van der Waals surface area contributed by atoms with Crippen LogP contribution in [0.3, 0.4) is 0 Å². The largest absolute Gasteiger partial charge is 0.475 e. The minimum atomic E-state index is -1.71. The molecule has 43 heavy (non-hydrogen) atoms. The lowest BCUT2D eigenvalue weighted by atomic mass is 9.83. The molecule has 2 saturated heterocycles. The molecule has 13 atom stereocenters. The van der Waals surface area contributed by atoms with Crippen LogP contribution < -0.4 is 0 Å². The fourth-order valence-electron chi connectivity index (χ4n) is 4.51. The fraction of sp³-hybridized carbons (Fsp3) is 0.850. The molecule has 3 heterocycles. The molecule has 250 valence electrons. The third-order valence-electron chi connectivity index (χ3n) is 6.71. The lowest BCUT2D eigenvalue weighted by molar-refractivity contribution is -0.435. The van der Waals surface area contributed by atoms with Crippen LogP contribution in [0.15, 0.2) is 11.8 Å². The van der Waals surface area contributed by atoms with Gasteiger partial charge < -0.3 is 59.4 Å². The first-order valence-electron chi connectivity index (χ1n) is 12.3. The van der Waals surface area contributed by atoms with E-state index >= 15 is 0 Å². The second kappa shape index (κ2) is 17.6. The maximum atomic E-state index is 11.3. The van der Waals surface area contributed by atoms with Crippen LogP contribution in [0.1, 0.15) is 6.92 Å². The minimum absolute atomic E-state index is 0.0749. The molecular weight excluding hydrogens is 640 g/mol. The fourth-order valence-corrected chi connectivity index (χ4v) is 5.28. The van der Waals surface area contributed by atoms with Gasteiger partial charge in [-0.1, -0.05) is 10.1 Å². The van der Waals surface area contributed by atoms with Crippen LogP contribution in [-0.4, -0.2) is 140 Å². The molecule has 21 nitrogen and oxygen atoms in total. The predicted molar refractivity (Wildman–Crippen MR) is 130 cm³/mol. The highest BCUT2D eigenvalue weighted by Gasteiger charge is 2.50. The molecule has 0 aliphatic carbocycles. The molecule has 0 radical (unpaired) electrons. The average molecular weight is 673 g/mol. The topological polar surface area (TPSA) is 301 Å². The van der Waals surface area contributed by atoms with Crippen molar-refractivity contribution in [3.05, 3.63) is 11.8 Å². The normalized spacial score (nSPS) is 40.1. The van der Waals surface area contributed by atoms with E-state index in [9.17, 15) is 35.4 Å². The second-order valence-corrected chi connectivity index (χ2v) is 10.2. The van der Waals surface area contributed by atoms with Crippen LogP contribution in [0.4, 0.5) is 0 Å². The minimum Gasteiger partial charge on any atom is -0.475 e. The van der Waals surface area contributed by atoms with Gasteiger partial charge in [-0.3, -0.25) is 8.37 Å². The SMILES string of the molecule is CC1OC(OCC2C(O)C(CO)OC(O)C2COC2OC(C(=O)O)=CC(O)C2O)C(OSOOO)C(O)C1OSOOO. The number of carboxylic acids is 1. The Hall–Kier alpha value is -1.01. The second-order valence-electron chi connectivity index (χ2n) is 9.28. The molecule has 0 saturated carbocycles. The van der Waals surface area contributed by atoms with Gasteiger partial charge in [0.1, 0.15) is 30.5 Å². The smallest absolute Gasteiger partial charge is 0.371 e. The van der Waals surface area contributed by atoms with E-state index in [-0.39, 0.29) is 24.6 Å². The number of aliphatic hydroxyl groups excluding tert-OH is 6. The highest BCUT2D eigenvalue weighted by molar-refractivity contribution is 7.90. The number of aliphatic carboxylic acids is 1. The lowest BCUT2D eigenvalue weighted by Gasteiger charge is -2.45. The van der Waals surface area contributed by atoms with E-state index in [0.29, 0.717) is 0 Å². The Bertz CT molecular complexity index is 886. The van der Waals surface area contributed by atoms with Crippen LogP contribution in [0, 0.1) is 11.8 Å². The Morgan fingerprint density at radius 3 is 2.07 bits per heavy atom. The highest BCUT2D eigenvalue weighted by atomic mass is 32.2. The molecule has 0 amide bonds. The maximum Gasteiger partial charge on any atom is 0.371 e. The number of rotatable bonds is 16. The first-order valence-corrected chi connectivity index (χ1v) is 13.6. The molecule has 9 N–H and O–H groups in total. The Labute approximate surface area is 250 Å². The van der Waals surface area contributed by atoms with E-state index in [1.165, 1.54) is 6.92 Å². The first kappa shape index (κ1) is 36.5. The molecule has 3 rings (SSSR count). The van der Waals surface area contributed by atoms with E-state index in [4.69, 9.17) is 47.7 Å². The van der Waals surface area contributed by atoms with Gasteiger partial charge >= 0.3 is 5.97 Å². The standard InChI is InChI=1S/C20H32O21S2/c1-6-15(36-42-40-38-29)14(25)16(37-43-41-39-30)20(33-6)32-4-7-8(18(28)34-11(3-21)12(7)23)5-31-19-13(24)9(22)2-10(35-19)17(26)27/h2,6-9,11-16,18-25,28-30H,3-5H2,1H3,(H,26,27). The van der Waals surface area contributed by atoms with Crippen molar-refractivity contribution in [1.29, 1.82) is 0 Å². The van der Waals surface area contributed by atoms with Gasteiger partial charge in [0.15, 0.2) is 43.3 Å². The third-order valence-corrected chi connectivity index (χ3v) is 7.55. The summed E-state index contributed by atoms with van der Waals surface area (Å²) in [5.74, 6) is -4.51. The summed E-state index contributed by atoms with van der Waals surface area (Å²) in [7, 11) is 0. The number of carbonyl (C=O) groups is 1. The summed E-state index contributed by atoms with van der Waals surface area (Å²) in [6.07, 6.45) is -15.3. The van der Waals surface area contributed by atoms with E-state index < -0.39 is 111 Å². The van der Waals surface area contributed by atoms with Gasteiger partial charge in [-0.15, -0.1) is 8.67 Å². The predicted octanol–water partition coefficient (Wildman–Crippen LogP) is -2.79. The Morgan fingerprint density at radius 1 is 0.860 bits per heavy atom. The van der Waals surface area contributed by atoms with Crippen molar-refractivity contribution >= 4 is 30.6 Å². The maximum absolute atomic E-state index is 11.3. The highest BCUT2D eigenvalue weighted by Crippen LogP contribution is 2.35. The van der Waals surface area contributed by atoms with Gasteiger partial charge in [0.2, 0.25) is 12.0 Å². The Balaban J connectivity index is 1.73. The molecule has 23 heteroatoms. The summed E-state index contributed by atoms with van der Waals surface area (Å²) in [5.41, 5.74) is 0. The number of ether oxygens (including phenoxy) is 5. The Morgan fingerprint density at radius 2 is 1.47 bits per heavy atom. The molecule has 0 bridgehead atoms. The molecule has 0 aromatic carbocycles. The molecule has 13 unspecified atom stereocenters. The summed E-state index contributed by atoms with van der Waals surface area (Å²) in [5, 5.41) is 94.9. The van der Waals surface area contributed by atoms with Gasteiger partial charge in [-0.2, -0.15) is 0 Å². The van der Waals surface area contributed by atoms with E-state index in [1.807, 2.05) is 0 Å². The molecule has 3 aliphatic heterocycles. The van der Waals surface area contributed by atoms with E-state index in [2.05, 4.69) is 18.7 Å².